The van der Waals surface area contributed by atoms with Crippen LogP contribution in [-0.2, 0) is 14.3 Å². The van der Waals surface area contributed by atoms with Crippen molar-refractivity contribution in [2.75, 3.05) is 0 Å². The van der Waals surface area contributed by atoms with E-state index in [-0.39, 0.29) is 5.78 Å². The largest absolute Gasteiger partial charge is 0.456 e. The molecule has 0 unspecified atom stereocenters. The lowest BCUT2D eigenvalue weighted by molar-refractivity contribution is -0.174. The molecule has 3 nitrogen and oxygen atoms in total. The van der Waals surface area contributed by atoms with Crippen LogP contribution in [0, 0.1) is 5.41 Å². The lowest BCUT2D eigenvalue weighted by Gasteiger charge is -2.38. The summed E-state index contributed by atoms with van der Waals surface area (Å²) in [6.07, 6.45) is -0.636. The number of ether oxygens (including phenoxy) is 1. The van der Waals surface area contributed by atoms with E-state index in [1.807, 2.05) is 30.3 Å². The third-order valence-electron chi connectivity index (χ3n) is 4.30. The number of hydrogen-bond acceptors (Lipinski definition) is 3. The second-order valence-corrected chi connectivity index (χ2v) is 6.69. The number of cyclic esters (lactones) is 1. The summed E-state index contributed by atoms with van der Waals surface area (Å²) in [7, 11) is 0. The Bertz CT molecular complexity index is 735. The van der Waals surface area contributed by atoms with Crippen LogP contribution < -0.4 is 0 Å². The molecule has 4 heteroatoms. The minimum atomic E-state index is -1.15. The van der Waals surface area contributed by atoms with E-state index in [1.165, 1.54) is 0 Å². The molecule has 0 aromatic heterocycles. The minimum Gasteiger partial charge on any atom is -0.456 e. The molecule has 0 radical (unpaired) electrons. The smallest absolute Gasteiger partial charge is 0.319 e. The fourth-order valence-electron chi connectivity index (χ4n) is 2.86. The molecule has 0 amide bonds. The first-order chi connectivity index (χ1) is 10.9. The van der Waals surface area contributed by atoms with Gasteiger partial charge in [0.2, 0.25) is 0 Å². The van der Waals surface area contributed by atoms with Crippen LogP contribution in [0.3, 0.4) is 0 Å². The van der Waals surface area contributed by atoms with Gasteiger partial charge in [0.25, 0.3) is 0 Å². The molecule has 0 saturated carbocycles. The Labute approximate surface area is 140 Å². The zero-order chi connectivity index (χ0) is 16.6. The van der Waals surface area contributed by atoms with Crippen LogP contribution in [0.2, 0.25) is 5.02 Å². The molecule has 0 bridgehead atoms. The molecule has 23 heavy (non-hydrogen) atoms. The van der Waals surface area contributed by atoms with Gasteiger partial charge in [-0.25, -0.2) is 0 Å². The first kappa shape index (κ1) is 15.8. The van der Waals surface area contributed by atoms with Gasteiger partial charge in [0.15, 0.2) is 5.78 Å². The molecule has 2 aromatic rings. The number of carbonyl (C=O) groups excluding carboxylic acids is 2. The average Bonchev–Trinajstić information content (AvgIpc) is 2.54. The van der Waals surface area contributed by atoms with Crippen LogP contribution in [0.1, 0.15) is 37.0 Å². The Morgan fingerprint density at radius 2 is 1.52 bits per heavy atom. The molecule has 1 heterocycles. The SMILES string of the molecule is CC1(C)C(=O)O[C@@H](c2ccc(Cl)cc2)[C@H](c2ccccc2)C1=O. The third-order valence-corrected chi connectivity index (χ3v) is 4.55. The molecule has 0 aliphatic carbocycles. The molecular formula is C19H17ClO3. The average molecular weight is 329 g/mol. The van der Waals surface area contributed by atoms with Crippen LogP contribution in [0.25, 0.3) is 0 Å². The molecule has 0 N–H and O–H groups in total. The van der Waals surface area contributed by atoms with Crippen molar-refractivity contribution >= 4 is 23.4 Å². The van der Waals surface area contributed by atoms with E-state index in [0.29, 0.717) is 5.02 Å². The monoisotopic (exact) mass is 328 g/mol. The van der Waals surface area contributed by atoms with Crippen molar-refractivity contribution in [1.29, 1.82) is 0 Å². The number of esters is 1. The van der Waals surface area contributed by atoms with Crippen LogP contribution in [0.5, 0.6) is 0 Å². The third kappa shape index (κ3) is 2.77. The maximum Gasteiger partial charge on any atom is 0.319 e. The predicted octanol–water partition coefficient (Wildman–Crippen LogP) is 4.32. The molecule has 0 spiro atoms. The highest BCUT2D eigenvalue weighted by atomic mass is 35.5. The summed E-state index contributed by atoms with van der Waals surface area (Å²) < 4.78 is 5.66. The van der Waals surface area contributed by atoms with Gasteiger partial charge in [0.1, 0.15) is 11.5 Å². The fourth-order valence-corrected chi connectivity index (χ4v) is 2.98. The number of halogens is 1. The highest BCUT2D eigenvalue weighted by Crippen LogP contribution is 2.45. The summed E-state index contributed by atoms with van der Waals surface area (Å²) in [5, 5.41) is 0.596. The summed E-state index contributed by atoms with van der Waals surface area (Å²) >= 11 is 5.93. The van der Waals surface area contributed by atoms with E-state index in [9.17, 15) is 9.59 Å². The highest BCUT2D eigenvalue weighted by Gasteiger charge is 2.51. The van der Waals surface area contributed by atoms with Crippen molar-refractivity contribution in [3.63, 3.8) is 0 Å². The van der Waals surface area contributed by atoms with E-state index in [2.05, 4.69) is 0 Å². The lowest BCUT2D eigenvalue weighted by Crippen LogP contribution is -2.46. The zero-order valence-corrected chi connectivity index (χ0v) is 13.7. The lowest BCUT2D eigenvalue weighted by atomic mass is 9.72. The van der Waals surface area contributed by atoms with Crippen molar-refractivity contribution in [3.05, 3.63) is 70.7 Å². The summed E-state index contributed by atoms with van der Waals surface area (Å²) in [4.78, 5) is 25.3. The summed E-state index contributed by atoms with van der Waals surface area (Å²) in [5.41, 5.74) is 0.460. The first-order valence-electron chi connectivity index (χ1n) is 7.47. The molecule has 1 aliphatic rings. The number of ketones is 1. The van der Waals surface area contributed by atoms with Gasteiger partial charge in [-0.05, 0) is 37.1 Å². The Morgan fingerprint density at radius 1 is 0.913 bits per heavy atom. The van der Waals surface area contributed by atoms with E-state index >= 15 is 0 Å². The first-order valence-corrected chi connectivity index (χ1v) is 7.85. The van der Waals surface area contributed by atoms with E-state index in [1.54, 1.807) is 38.1 Å². The van der Waals surface area contributed by atoms with Crippen molar-refractivity contribution in [2.45, 2.75) is 25.9 Å². The standard InChI is InChI=1S/C19H17ClO3/c1-19(2)17(21)15(12-6-4-3-5-7-12)16(23-18(19)22)13-8-10-14(20)11-9-13/h3-11,15-16H,1-2H3/t15-,16-/m0/s1. The highest BCUT2D eigenvalue weighted by molar-refractivity contribution is 6.30. The van der Waals surface area contributed by atoms with Crippen molar-refractivity contribution in [1.82, 2.24) is 0 Å². The molecular weight excluding hydrogens is 312 g/mol. The van der Waals surface area contributed by atoms with E-state index < -0.39 is 23.4 Å². The molecule has 2 aromatic carbocycles. The molecule has 2 atom stereocenters. The van der Waals surface area contributed by atoms with Gasteiger partial charge in [-0.3, -0.25) is 9.59 Å². The topological polar surface area (TPSA) is 43.4 Å². The van der Waals surface area contributed by atoms with Crippen LogP contribution >= 0.6 is 11.6 Å². The van der Waals surface area contributed by atoms with Gasteiger partial charge in [-0.1, -0.05) is 54.1 Å². The van der Waals surface area contributed by atoms with E-state index in [0.717, 1.165) is 11.1 Å². The number of carbonyl (C=O) groups is 2. The van der Waals surface area contributed by atoms with Crippen molar-refractivity contribution in [2.24, 2.45) is 5.41 Å². The Hall–Kier alpha value is -2.13. The fraction of sp³-hybridized carbons (Fsp3) is 0.263. The second-order valence-electron chi connectivity index (χ2n) is 6.26. The van der Waals surface area contributed by atoms with Gasteiger partial charge in [0, 0.05) is 5.02 Å². The van der Waals surface area contributed by atoms with Crippen molar-refractivity contribution in [3.8, 4) is 0 Å². The predicted molar refractivity (Wildman–Crippen MR) is 88.3 cm³/mol. The number of hydrogen-bond donors (Lipinski definition) is 0. The Kier molecular flexibility index (Phi) is 3.99. The second kappa shape index (κ2) is 5.82. The maximum absolute atomic E-state index is 13.0. The van der Waals surface area contributed by atoms with Crippen molar-refractivity contribution < 1.29 is 14.3 Å². The molecule has 118 valence electrons. The maximum atomic E-state index is 13.0. The molecule has 1 aliphatic heterocycles. The number of Topliss-reactive ketones (excluding diaryl/α,β-unsaturated/α-hetero) is 1. The quantitative estimate of drug-likeness (QED) is 0.609. The Morgan fingerprint density at radius 3 is 2.13 bits per heavy atom. The summed E-state index contributed by atoms with van der Waals surface area (Å²) in [6.45, 7) is 3.23. The normalized spacial score (nSPS) is 23.4. The molecule has 1 fully saturated rings. The van der Waals surface area contributed by atoms with Gasteiger partial charge < -0.3 is 4.74 Å². The molecule has 1 saturated heterocycles. The molecule has 3 rings (SSSR count). The summed E-state index contributed by atoms with van der Waals surface area (Å²) in [6, 6.07) is 16.5. The van der Waals surface area contributed by atoms with Gasteiger partial charge in [-0.2, -0.15) is 0 Å². The van der Waals surface area contributed by atoms with Crippen LogP contribution in [0.4, 0.5) is 0 Å². The number of rotatable bonds is 2. The van der Waals surface area contributed by atoms with Gasteiger partial charge >= 0.3 is 5.97 Å². The van der Waals surface area contributed by atoms with Gasteiger partial charge in [-0.15, -0.1) is 0 Å². The van der Waals surface area contributed by atoms with Crippen LogP contribution in [0.15, 0.2) is 54.6 Å². The van der Waals surface area contributed by atoms with Gasteiger partial charge in [0.05, 0.1) is 5.92 Å². The number of benzene rings is 2. The van der Waals surface area contributed by atoms with E-state index in [4.69, 9.17) is 16.3 Å². The summed E-state index contributed by atoms with van der Waals surface area (Å²) in [5.74, 6) is -1.14. The minimum absolute atomic E-state index is 0.125. The van der Waals surface area contributed by atoms with Crippen LogP contribution in [-0.4, -0.2) is 11.8 Å². The Balaban J connectivity index is 2.10. The zero-order valence-electron chi connectivity index (χ0n) is 13.0.